The molecule has 0 aliphatic carbocycles. The minimum Gasteiger partial charge on any atom is -0.394 e. The number of H-pyrrole nitrogens is 3. The average molecular weight is 1030 g/mol. The molecule has 5 heterocycles. The van der Waals surface area contributed by atoms with Crippen molar-refractivity contribution in [3.05, 3.63) is 49.3 Å². The first kappa shape index (κ1) is 53.7. The Labute approximate surface area is 338 Å². The molecule has 0 bridgehead atoms. The molecule has 354 valence electrons. The monoisotopic (exact) mass is 1020 g/mol. The van der Waals surface area contributed by atoms with E-state index in [0.717, 1.165) is 17.1 Å². The maximum Gasteiger partial charge on any atom is 0.490 e. The van der Waals surface area contributed by atoms with Crippen molar-refractivity contribution in [1.29, 1.82) is 0 Å². The van der Waals surface area contributed by atoms with Crippen molar-refractivity contribution < 1.29 is 128 Å². The highest BCUT2D eigenvalue weighted by molar-refractivity contribution is 7.67. The lowest BCUT2D eigenvalue weighted by Gasteiger charge is -2.19. The van der Waals surface area contributed by atoms with Gasteiger partial charge in [-0.3, -0.25) is 28.6 Å². The van der Waals surface area contributed by atoms with E-state index >= 15 is 0 Å². The van der Waals surface area contributed by atoms with Crippen LogP contribution in [0.25, 0.3) is 11.2 Å². The molecular formula is C19H33N7O30P6. The molecule has 62 heavy (non-hydrogen) atoms. The van der Waals surface area contributed by atoms with E-state index in [4.69, 9.17) is 59.5 Å². The number of fused-ring (bicyclic) bond motifs is 1. The molecule has 2 aliphatic heterocycles. The lowest BCUT2D eigenvalue weighted by molar-refractivity contribution is -0.0503. The fourth-order valence-corrected chi connectivity index (χ4v) is 10.3. The number of nitrogen functional groups attached to an aromatic ring is 1. The van der Waals surface area contributed by atoms with Gasteiger partial charge >= 0.3 is 52.6 Å². The fourth-order valence-electron chi connectivity index (χ4n) is 4.77. The summed E-state index contributed by atoms with van der Waals surface area (Å²) in [4.78, 5) is 124. The molecule has 43 heteroatoms. The largest absolute Gasteiger partial charge is 0.490 e. The van der Waals surface area contributed by atoms with Crippen LogP contribution in [0.4, 0.5) is 5.95 Å². The minimum atomic E-state index is -5.73. The summed E-state index contributed by atoms with van der Waals surface area (Å²) in [5.74, 6) is -0.276. The summed E-state index contributed by atoms with van der Waals surface area (Å²) in [6.45, 7) is -1.49. The first-order chi connectivity index (χ1) is 28.0. The van der Waals surface area contributed by atoms with E-state index < -0.39 is 126 Å². The van der Waals surface area contributed by atoms with Crippen LogP contribution in [-0.4, -0.2) is 149 Å². The third-order valence-corrected chi connectivity index (χ3v) is 14.2. The Hall–Kier alpha value is -2.63. The molecule has 2 fully saturated rings. The summed E-state index contributed by atoms with van der Waals surface area (Å²) in [6.07, 6.45) is -8.87. The number of anilines is 1. The molecule has 3 aromatic rings. The van der Waals surface area contributed by atoms with Crippen molar-refractivity contribution in [2.45, 2.75) is 49.0 Å². The minimum absolute atomic E-state index is 0.00731. The third kappa shape index (κ3) is 15.8. The molecule has 0 spiro atoms. The molecule has 0 saturated carbocycles. The van der Waals surface area contributed by atoms with Crippen molar-refractivity contribution in [1.82, 2.24) is 29.5 Å². The topological polar surface area (TPSA) is 606 Å². The smallest absolute Gasteiger partial charge is 0.394 e. The lowest BCUT2D eigenvalue weighted by Crippen LogP contribution is -2.34. The number of imidazole rings is 1. The van der Waals surface area contributed by atoms with E-state index in [1.165, 1.54) is 0 Å². The van der Waals surface area contributed by atoms with Crippen LogP contribution in [0, 0.1) is 0 Å². The number of aliphatic hydroxyl groups is 5. The predicted octanol–water partition coefficient (Wildman–Crippen LogP) is -5.81. The van der Waals surface area contributed by atoms with Crippen LogP contribution in [0.2, 0.25) is 0 Å². The second kappa shape index (κ2) is 20.3. The molecule has 2 saturated heterocycles. The van der Waals surface area contributed by atoms with E-state index in [0.29, 0.717) is 0 Å². The van der Waals surface area contributed by atoms with Gasteiger partial charge in [-0.2, -0.15) is 22.2 Å². The summed E-state index contributed by atoms with van der Waals surface area (Å²) in [6, 6.07) is 0. The second-order valence-electron chi connectivity index (χ2n) is 11.6. The van der Waals surface area contributed by atoms with Crippen molar-refractivity contribution in [3.8, 4) is 0 Å². The van der Waals surface area contributed by atoms with Crippen molar-refractivity contribution >= 4 is 64.0 Å². The van der Waals surface area contributed by atoms with Crippen molar-refractivity contribution in [2.75, 3.05) is 18.9 Å². The Kier molecular flexibility index (Phi) is 17.6. The lowest BCUT2D eigenvalue weighted by atomic mass is 10.0. The summed E-state index contributed by atoms with van der Waals surface area (Å²) in [5.41, 5.74) is 3.11. The first-order valence-electron chi connectivity index (χ1n) is 15.4. The van der Waals surface area contributed by atoms with Gasteiger partial charge in [0.15, 0.2) is 17.4 Å². The van der Waals surface area contributed by atoms with Gasteiger partial charge in [-0.15, -0.1) is 0 Å². The molecule has 37 nitrogen and oxygen atoms in total. The summed E-state index contributed by atoms with van der Waals surface area (Å²) in [5, 5.41) is 48.5. The second-order valence-corrected chi connectivity index (χ2v) is 20.2. The highest BCUT2D eigenvalue weighted by Gasteiger charge is 2.47. The number of phosphoric ester groups is 1. The standard InChI is InChI=1S/C10H16N5O14P3.C9H12N2O6.H5O10P3/c11-10-13-7-4(8(18)14-10)12-2-15(7)9-6(17)5(16)3(27-9)1-26-31(22,23)29-32(24,25)28-30(19,20)21;12-2-4-5(13)6(14)7(17-4)3-1-10-9(16)11-8(3)15;1-11(2,3)9-13(7,8)10-12(4,5)6/h2-3,5-6,9,16-17H,1H2,(H,22,23)(H,24,25)(H2,19,20,21)(H3,11,13,14,18);1,4-7,12-14H,2H2,(H2,10,11,15,16);(H,7,8)(H2,1,2,3)(H2,4,5,6)/t3-,5-,6-,9-;4-,5-,6-,7+;/m11./s1. The van der Waals surface area contributed by atoms with Crippen LogP contribution in [0.15, 0.2) is 26.9 Å². The summed E-state index contributed by atoms with van der Waals surface area (Å²) in [7, 11) is -32.9. The Bertz CT molecular complexity index is 2500. The van der Waals surface area contributed by atoms with Crippen LogP contribution in [-0.2, 0) is 58.6 Å². The first-order valence-corrected chi connectivity index (χ1v) is 24.4. The number of aliphatic hydroxyl groups excluding tert-OH is 5. The number of hydrogen-bond acceptors (Lipinski definition) is 24. The van der Waals surface area contributed by atoms with Crippen molar-refractivity contribution in [3.63, 3.8) is 0 Å². The van der Waals surface area contributed by atoms with Gasteiger partial charge in [-0.05, 0) is 0 Å². The maximum absolute atomic E-state index is 11.9. The number of hydrogen-bond donors (Lipinski definition) is 18. The normalized spacial score (nSPS) is 26.5. The van der Waals surface area contributed by atoms with E-state index in [1.807, 2.05) is 4.98 Å². The third-order valence-electron chi connectivity index (χ3n) is 7.00. The van der Waals surface area contributed by atoms with E-state index in [-0.39, 0.29) is 22.7 Å². The van der Waals surface area contributed by atoms with Crippen molar-refractivity contribution in [2.24, 2.45) is 0 Å². The van der Waals surface area contributed by atoms with E-state index in [9.17, 15) is 67.1 Å². The Morgan fingerprint density at radius 1 is 0.694 bits per heavy atom. The highest BCUT2D eigenvalue weighted by Crippen LogP contribution is 2.66. The van der Waals surface area contributed by atoms with Gasteiger partial charge in [0, 0.05) is 6.20 Å². The van der Waals surface area contributed by atoms with Gasteiger partial charge in [0.05, 0.1) is 25.1 Å². The number of rotatable bonds is 14. The average Bonchev–Trinajstić information content (AvgIpc) is 3.69. The maximum atomic E-state index is 11.9. The molecule has 5 rings (SSSR count). The van der Waals surface area contributed by atoms with Gasteiger partial charge < -0.3 is 89.8 Å². The van der Waals surface area contributed by atoms with E-state index in [2.05, 4.69) is 41.7 Å². The number of nitrogens with two attached hydrogens (primary N) is 1. The zero-order valence-electron chi connectivity index (χ0n) is 29.6. The van der Waals surface area contributed by atoms with E-state index in [1.54, 1.807) is 0 Å². The van der Waals surface area contributed by atoms with Crippen LogP contribution in [0.1, 0.15) is 17.9 Å². The number of ether oxygens (including phenoxy) is 2. The molecule has 0 aromatic carbocycles. The molecule has 10 atom stereocenters. The molecule has 3 aromatic heterocycles. The van der Waals surface area contributed by atoms with Gasteiger partial charge in [0.2, 0.25) is 5.95 Å². The number of nitrogens with one attached hydrogen (secondary N) is 3. The molecule has 2 unspecified atom stereocenters. The number of aromatic nitrogens is 6. The number of aromatic amines is 3. The van der Waals surface area contributed by atoms with Gasteiger partial charge in [-0.1, -0.05) is 0 Å². The highest BCUT2D eigenvalue weighted by atomic mass is 31.3. The number of phosphoric acid groups is 6. The Morgan fingerprint density at radius 3 is 1.69 bits per heavy atom. The number of nitrogens with zero attached hydrogens (tertiary/aromatic N) is 3. The van der Waals surface area contributed by atoms with Crippen LogP contribution >= 0.6 is 46.9 Å². The quantitative estimate of drug-likeness (QED) is 0.0669. The predicted molar refractivity (Wildman–Crippen MR) is 189 cm³/mol. The SMILES string of the molecule is Nc1nc2c(ncn2[C@@H]2O[C@H](COP(=O)(O)OP(=O)(O)OP(=O)(O)O)[C@@H](O)[C@H]2O)c(=O)[nH]1.O=P(O)(O)OP(=O)(O)OP(=O)(O)O.O=c1[nH]cc([C@@H]2O[C@H](CO)[C@@H](O)[C@H]2O)c(=O)[nH]1. The van der Waals surface area contributed by atoms with Gasteiger partial charge in [-0.25, -0.2) is 37.2 Å². The molecule has 2 aliphatic rings. The van der Waals surface area contributed by atoms with Crippen LogP contribution < -0.4 is 22.5 Å². The Balaban J connectivity index is 0.000000285. The zero-order chi connectivity index (χ0) is 47.6. The fraction of sp³-hybridized carbons (Fsp3) is 0.526. The molecule has 0 amide bonds. The van der Waals surface area contributed by atoms with Crippen LogP contribution in [0.3, 0.4) is 0 Å². The molecular weight excluding hydrogens is 992 g/mol. The Morgan fingerprint density at radius 2 is 1.21 bits per heavy atom. The molecule has 0 radical (unpaired) electrons. The molecule has 19 N–H and O–H groups in total. The van der Waals surface area contributed by atoms with Gasteiger partial charge in [0.25, 0.3) is 11.1 Å². The van der Waals surface area contributed by atoms with Crippen LogP contribution in [0.5, 0.6) is 0 Å². The van der Waals surface area contributed by atoms with Gasteiger partial charge in [0.1, 0.15) is 42.7 Å². The summed E-state index contributed by atoms with van der Waals surface area (Å²) < 4.78 is 93.2. The zero-order valence-corrected chi connectivity index (χ0v) is 34.9. The summed E-state index contributed by atoms with van der Waals surface area (Å²) >= 11 is 0.